The lowest BCUT2D eigenvalue weighted by molar-refractivity contribution is -0.143. The minimum Gasteiger partial charge on any atom is -0.480 e. The molecular weight excluding hydrogens is 180 g/mol. The number of nitrogens with two attached hydrogens (primary N) is 1. The SMILES string of the molecule is C[C@@H](C(=O)O)N(CN)C1CCCCC1. The van der Waals surface area contributed by atoms with Gasteiger partial charge in [-0.05, 0) is 19.8 Å². The summed E-state index contributed by atoms with van der Waals surface area (Å²) in [7, 11) is 0. The van der Waals surface area contributed by atoms with Gasteiger partial charge in [0.2, 0.25) is 0 Å². The highest BCUT2D eigenvalue weighted by atomic mass is 16.4. The molecule has 4 nitrogen and oxygen atoms in total. The first-order valence-electron chi connectivity index (χ1n) is 5.35. The van der Waals surface area contributed by atoms with Crippen LogP contribution in [0.5, 0.6) is 0 Å². The Bertz CT molecular complexity index is 191. The van der Waals surface area contributed by atoms with Crippen molar-refractivity contribution in [1.82, 2.24) is 4.90 Å². The zero-order valence-corrected chi connectivity index (χ0v) is 8.78. The molecule has 0 radical (unpaired) electrons. The number of carboxylic acid groups (broad SMARTS) is 1. The topological polar surface area (TPSA) is 66.6 Å². The summed E-state index contributed by atoms with van der Waals surface area (Å²) in [6.07, 6.45) is 5.86. The van der Waals surface area contributed by atoms with E-state index in [2.05, 4.69) is 0 Å². The molecule has 14 heavy (non-hydrogen) atoms. The van der Waals surface area contributed by atoms with E-state index in [0.717, 1.165) is 12.8 Å². The molecule has 82 valence electrons. The van der Waals surface area contributed by atoms with E-state index in [4.69, 9.17) is 10.8 Å². The highest BCUT2D eigenvalue weighted by Gasteiger charge is 2.27. The predicted molar refractivity (Wildman–Crippen MR) is 54.9 cm³/mol. The van der Waals surface area contributed by atoms with E-state index >= 15 is 0 Å². The van der Waals surface area contributed by atoms with Gasteiger partial charge in [-0.1, -0.05) is 19.3 Å². The van der Waals surface area contributed by atoms with Crippen molar-refractivity contribution in [2.75, 3.05) is 6.67 Å². The monoisotopic (exact) mass is 200 g/mol. The van der Waals surface area contributed by atoms with E-state index in [1.54, 1.807) is 6.92 Å². The lowest BCUT2D eigenvalue weighted by Crippen LogP contribution is -2.49. The van der Waals surface area contributed by atoms with Crippen molar-refractivity contribution in [1.29, 1.82) is 0 Å². The summed E-state index contributed by atoms with van der Waals surface area (Å²) in [5.41, 5.74) is 5.60. The van der Waals surface area contributed by atoms with Crippen LogP contribution in [0.1, 0.15) is 39.0 Å². The summed E-state index contributed by atoms with van der Waals surface area (Å²) < 4.78 is 0. The first-order valence-corrected chi connectivity index (χ1v) is 5.35. The highest BCUT2D eigenvalue weighted by molar-refractivity contribution is 5.72. The number of carbonyl (C=O) groups is 1. The van der Waals surface area contributed by atoms with Crippen LogP contribution in [-0.4, -0.2) is 34.7 Å². The molecular formula is C10H20N2O2. The first kappa shape index (κ1) is 11.5. The van der Waals surface area contributed by atoms with Crippen molar-refractivity contribution in [3.8, 4) is 0 Å². The molecule has 0 saturated heterocycles. The van der Waals surface area contributed by atoms with Crippen molar-refractivity contribution in [2.45, 2.75) is 51.1 Å². The van der Waals surface area contributed by atoms with Gasteiger partial charge < -0.3 is 10.8 Å². The molecule has 3 N–H and O–H groups in total. The molecule has 0 aromatic heterocycles. The molecule has 1 rings (SSSR count). The van der Waals surface area contributed by atoms with Gasteiger partial charge in [0.25, 0.3) is 0 Å². The van der Waals surface area contributed by atoms with Crippen molar-refractivity contribution >= 4 is 5.97 Å². The number of hydrogen-bond acceptors (Lipinski definition) is 3. The Morgan fingerprint density at radius 3 is 2.50 bits per heavy atom. The Labute approximate surface area is 85.1 Å². The highest BCUT2D eigenvalue weighted by Crippen LogP contribution is 2.23. The van der Waals surface area contributed by atoms with Gasteiger partial charge in [0.05, 0.1) is 0 Å². The molecule has 0 aromatic rings. The van der Waals surface area contributed by atoms with E-state index < -0.39 is 12.0 Å². The van der Waals surface area contributed by atoms with Gasteiger partial charge in [-0.2, -0.15) is 0 Å². The molecule has 0 amide bonds. The van der Waals surface area contributed by atoms with Crippen LogP contribution in [-0.2, 0) is 4.79 Å². The van der Waals surface area contributed by atoms with Crippen LogP contribution in [0.15, 0.2) is 0 Å². The number of aliphatic carboxylic acids is 1. The minimum absolute atomic E-state index is 0.345. The summed E-state index contributed by atoms with van der Waals surface area (Å²) >= 11 is 0. The van der Waals surface area contributed by atoms with Gasteiger partial charge in [0.1, 0.15) is 6.04 Å². The Morgan fingerprint density at radius 2 is 2.07 bits per heavy atom. The summed E-state index contributed by atoms with van der Waals surface area (Å²) in [4.78, 5) is 12.7. The number of hydrogen-bond donors (Lipinski definition) is 2. The average Bonchev–Trinajstić information content (AvgIpc) is 2.20. The fraction of sp³-hybridized carbons (Fsp3) is 0.900. The van der Waals surface area contributed by atoms with Crippen LogP contribution in [0.25, 0.3) is 0 Å². The lowest BCUT2D eigenvalue weighted by Gasteiger charge is -2.35. The third-order valence-electron chi connectivity index (χ3n) is 3.11. The largest absolute Gasteiger partial charge is 0.480 e. The molecule has 1 saturated carbocycles. The van der Waals surface area contributed by atoms with Crippen LogP contribution in [0, 0.1) is 0 Å². The summed E-state index contributed by atoms with van der Waals surface area (Å²) in [6.45, 7) is 2.06. The summed E-state index contributed by atoms with van der Waals surface area (Å²) in [6, 6.07) is -0.0806. The maximum Gasteiger partial charge on any atom is 0.320 e. The van der Waals surface area contributed by atoms with Crippen LogP contribution in [0.2, 0.25) is 0 Å². The normalized spacial score (nSPS) is 21.1. The molecule has 0 unspecified atom stereocenters. The molecule has 1 aliphatic carbocycles. The maximum absolute atomic E-state index is 10.8. The second kappa shape index (κ2) is 5.32. The average molecular weight is 200 g/mol. The fourth-order valence-electron chi connectivity index (χ4n) is 2.18. The summed E-state index contributed by atoms with van der Waals surface area (Å²) in [5, 5.41) is 8.92. The number of carboxylic acids is 1. The zero-order chi connectivity index (χ0) is 10.6. The number of rotatable bonds is 4. The molecule has 0 bridgehead atoms. The third-order valence-corrected chi connectivity index (χ3v) is 3.11. The van der Waals surface area contributed by atoms with Gasteiger partial charge in [-0.15, -0.1) is 0 Å². The van der Waals surface area contributed by atoms with Crippen LogP contribution < -0.4 is 5.73 Å². The molecule has 0 aromatic carbocycles. The second-order valence-corrected chi connectivity index (χ2v) is 4.00. The molecule has 0 aliphatic heterocycles. The minimum atomic E-state index is -0.777. The quantitative estimate of drug-likeness (QED) is 0.665. The number of nitrogens with zero attached hydrogens (tertiary/aromatic N) is 1. The van der Waals surface area contributed by atoms with E-state index in [1.165, 1.54) is 19.3 Å². The lowest BCUT2D eigenvalue weighted by atomic mass is 9.93. The molecule has 1 atom stereocenters. The van der Waals surface area contributed by atoms with E-state index in [1.807, 2.05) is 4.90 Å². The maximum atomic E-state index is 10.8. The summed E-state index contributed by atoms with van der Waals surface area (Å²) in [5.74, 6) is -0.777. The Kier molecular flexibility index (Phi) is 4.35. The second-order valence-electron chi connectivity index (χ2n) is 4.00. The molecule has 0 spiro atoms. The van der Waals surface area contributed by atoms with E-state index in [0.29, 0.717) is 12.7 Å². The Balaban J connectivity index is 2.55. The van der Waals surface area contributed by atoms with Crippen LogP contribution >= 0.6 is 0 Å². The third kappa shape index (κ3) is 2.69. The first-order chi connectivity index (χ1) is 6.66. The van der Waals surface area contributed by atoms with Crippen molar-refractivity contribution in [3.05, 3.63) is 0 Å². The van der Waals surface area contributed by atoms with E-state index in [-0.39, 0.29) is 0 Å². The molecule has 4 heteroatoms. The standard InChI is InChI=1S/C10H20N2O2/c1-8(10(13)14)12(7-11)9-5-3-2-4-6-9/h8-9H,2-7,11H2,1H3,(H,13,14)/t8-/m0/s1. The van der Waals surface area contributed by atoms with Crippen molar-refractivity contribution in [2.24, 2.45) is 5.73 Å². The van der Waals surface area contributed by atoms with Gasteiger partial charge in [-0.3, -0.25) is 9.69 Å². The molecule has 0 heterocycles. The van der Waals surface area contributed by atoms with Crippen molar-refractivity contribution in [3.63, 3.8) is 0 Å². The molecule has 1 aliphatic rings. The van der Waals surface area contributed by atoms with Crippen LogP contribution in [0.3, 0.4) is 0 Å². The van der Waals surface area contributed by atoms with Gasteiger partial charge in [0, 0.05) is 12.7 Å². The smallest absolute Gasteiger partial charge is 0.320 e. The van der Waals surface area contributed by atoms with Gasteiger partial charge in [-0.25, -0.2) is 0 Å². The Morgan fingerprint density at radius 1 is 1.50 bits per heavy atom. The van der Waals surface area contributed by atoms with Gasteiger partial charge in [0.15, 0.2) is 0 Å². The fourth-order valence-corrected chi connectivity index (χ4v) is 2.18. The van der Waals surface area contributed by atoms with Gasteiger partial charge >= 0.3 is 5.97 Å². The zero-order valence-electron chi connectivity index (χ0n) is 8.78. The van der Waals surface area contributed by atoms with Crippen molar-refractivity contribution < 1.29 is 9.90 Å². The Hall–Kier alpha value is -0.610. The van der Waals surface area contributed by atoms with Crippen LogP contribution in [0.4, 0.5) is 0 Å². The van der Waals surface area contributed by atoms with E-state index in [9.17, 15) is 4.79 Å². The predicted octanol–water partition coefficient (Wildman–Crippen LogP) is 1.01. The molecule has 1 fully saturated rings.